The molecule has 4 heterocycles. The number of carbonyl (C=O) groups is 1. The highest BCUT2D eigenvalue weighted by atomic mass is 79.9. The molecule has 1 aliphatic heterocycles. The van der Waals surface area contributed by atoms with Crippen molar-refractivity contribution in [3.8, 4) is 5.69 Å². The van der Waals surface area contributed by atoms with Crippen molar-refractivity contribution in [2.24, 2.45) is 0 Å². The molecule has 3 aromatic heterocycles. The molecular weight excluding hydrogens is 561 g/mol. The molecule has 0 radical (unpaired) electrons. The van der Waals surface area contributed by atoms with Gasteiger partial charge in [0.2, 0.25) is 0 Å². The summed E-state index contributed by atoms with van der Waals surface area (Å²) in [6, 6.07) is 15.6. The van der Waals surface area contributed by atoms with E-state index in [1.54, 1.807) is 35.5 Å². The van der Waals surface area contributed by atoms with Crippen molar-refractivity contribution < 1.29 is 9.18 Å². The van der Waals surface area contributed by atoms with Crippen molar-refractivity contribution in [2.75, 3.05) is 18.0 Å². The normalized spacial score (nSPS) is 15.5. The number of fused-ring (bicyclic) bond motifs is 2. The summed E-state index contributed by atoms with van der Waals surface area (Å²) in [6.07, 6.45) is 5.02. The van der Waals surface area contributed by atoms with E-state index >= 15 is 4.39 Å². The molecule has 1 aliphatic rings. The first kappa shape index (κ1) is 25.2. The van der Waals surface area contributed by atoms with Gasteiger partial charge in [-0.25, -0.2) is 14.4 Å². The van der Waals surface area contributed by atoms with Gasteiger partial charge in [-0.05, 0) is 67.2 Å². The number of anilines is 1. The Morgan fingerprint density at radius 1 is 1.11 bits per heavy atom. The summed E-state index contributed by atoms with van der Waals surface area (Å²) in [5, 5.41) is 13.3. The maximum atomic E-state index is 15.5. The van der Waals surface area contributed by atoms with E-state index in [-0.39, 0.29) is 24.0 Å². The number of carbonyl (C=O) groups excluding carboxylic acids is 1. The van der Waals surface area contributed by atoms with Crippen LogP contribution < -0.4 is 10.2 Å². The van der Waals surface area contributed by atoms with E-state index in [4.69, 9.17) is 0 Å². The Morgan fingerprint density at radius 2 is 2.00 bits per heavy atom. The lowest BCUT2D eigenvalue weighted by Crippen LogP contribution is -2.49. The van der Waals surface area contributed by atoms with Gasteiger partial charge in [0, 0.05) is 34.9 Å². The van der Waals surface area contributed by atoms with Crippen molar-refractivity contribution in [2.45, 2.75) is 18.9 Å². The molecule has 1 fully saturated rings. The topological polar surface area (TPSA) is 88.8 Å². The number of amides is 1. The van der Waals surface area contributed by atoms with E-state index in [1.165, 1.54) is 16.8 Å². The second kappa shape index (κ2) is 10.5. The number of nitrogens with one attached hydrogen (secondary N) is 1. The van der Waals surface area contributed by atoms with Crippen LogP contribution in [0, 0.1) is 5.82 Å². The molecule has 6 rings (SSSR count). The molecule has 0 unspecified atom stereocenters. The number of halogens is 3. The highest BCUT2D eigenvalue weighted by Crippen LogP contribution is 2.32. The molecule has 1 N–H and O–H groups in total. The zero-order chi connectivity index (χ0) is 24.6. The second-order valence-corrected chi connectivity index (χ2v) is 9.60. The van der Waals surface area contributed by atoms with E-state index in [1.807, 2.05) is 24.3 Å². The number of pyridine rings is 2. The fourth-order valence-electron chi connectivity index (χ4n) is 4.68. The Balaban J connectivity index is 0.00000280. The molecule has 11 heteroatoms. The molecule has 1 atom stereocenters. The van der Waals surface area contributed by atoms with Gasteiger partial charge in [0.1, 0.15) is 17.2 Å². The molecular formula is C26H22BrClFN7O. The van der Waals surface area contributed by atoms with Gasteiger partial charge < -0.3 is 5.32 Å². The molecule has 0 saturated carbocycles. The molecule has 2 aromatic carbocycles. The third-order valence-corrected chi connectivity index (χ3v) is 6.92. The molecule has 0 aliphatic carbocycles. The zero-order valence-electron chi connectivity index (χ0n) is 19.5. The van der Waals surface area contributed by atoms with Crippen LogP contribution in [-0.2, 0) is 0 Å². The molecule has 0 bridgehead atoms. The van der Waals surface area contributed by atoms with Gasteiger partial charge in [-0.2, -0.15) is 4.68 Å². The number of rotatable bonds is 4. The van der Waals surface area contributed by atoms with Crippen molar-refractivity contribution in [1.82, 2.24) is 30.3 Å². The molecule has 1 saturated heterocycles. The van der Waals surface area contributed by atoms with E-state index < -0.39 is 11.7 Å². The highest BCUT2D eigenvalue weighted by Gasteiger charge is 2.31. The van der Waals surface area contributed by atoms with Crippen molar-refractivity contribution in [3.05, 3.63) is 82.8 Å². The Bertz CT molecular complexity index is 1610. The van der Waals surface area contributed by atoms with Crippen molar-refractivity contribution >= 4 is 62.0 Å². The standard InChI is InChI=1S/C26H21BrFN7O.ClH/c27-17-6-5-16-9-12-31-24(21(16)13-17)34(19-3-1-10-29-15-19)26(36)20-8-7-18(14-22(20)28)35-25-23(32-33-35)4-2-11-30-25;/h2,4-9,11-14,19,29H,1,3,10,15H2;1H/t19-;/m1./s1. The Hall–Kier alpha value is -3.47. The van der Waals surface area contributed by atoms with Crippen molar-refractivity contribution in [1.29, 1.82) is 0 Å². The van der Waals surface area contributed by atoms with Crippen LogP contribution in [0.1, 0.15) is 23.2 Å². The van der Waals surface area contributed by atoms with Gasteiger partial charge in [0.25, 0.3) is 5.91 Å². The van der Waals surface area contributed by atoms with Crippen LogP contribution in [0.2, 0.25) is 0 Å². The molecule has 188 valence electrons. The molecule has 37 heavy (non-hydrogen) atoms. The first-order valence-electron chi connectivity index (χ1n) is 11.6. The van der Waals surface area contributed by atoms with E-state index in [0.29, 0.717) is 29.2 Å². The predicted octanol–water partition coefficient (Wildman–Crippen LogP) is 5.09. The van der Waals surface area contributed by atoms with E-state index in [9.17, 15) is 4.79 Å². The molecule has 1 amide bonds. The lowest BCUT2D eigenvalue weighted by Gasteiger charge is -2.34. The van der Waals surface area contributed by atoms with Crippen LogP contribution in [0.4, 0.5) is 10.2 Å². The van der Waals surface area contributed by atoms with E-state index in [0.717, 1.165) is 34.6 Å². The second-order valence-electron chi connectivity index (χ2n) is 8.69. The SMILES string of the molecule is Cl.O=C(c1ccc(-n2nnc3cccnc32)cc1F)N(c1nccc2ccc(Br)cc12)[C@@H]1CCCNC1. The number of hydrogen-bond acceptors (Lipinski definition) is 6. The van der Waals surface area contributed by atoms with Crippen molar-refractivity contribution in [3.63, 3.8) is 0 Å². The largest absolute Gasteiger partial charge is 0.315 e. The predicted molar refractivity (Wildman–Crippen MR) is 146 cm³/mol. The maximum Gasteiger partial charge on any atom is 0.262 e. The molecule has 5 aromatic rings. The Morgan fingerprint density at radius 3 is 2.81 bits per heavy atom. The fraction of sp³-hybridized carbons (Fsp3) is 0.192. The van der Waals surface area contributed by atoms with Crippen LogP contribution in [0.3, 0.4) is 0 Å². The lowest BCUT2D eigenvalue weighted by molar-refractivity contribution is 0.0968. The number of nitrogens with zero attached hydrogens (tertiary/aromatic N) is 6. The van der Waals surface area contributed by atoms with Gasteiger partial charge in [0.15, 0.2) is 5.65 Å². The summed E-state index contributed by atoms with van der Waals surface area (Å²) in [5.41, 5.74) is 1.51. The van der Waals surface area contributed by atoms with Crippen LogP contribution >= 0.6 is 28.3 Å². The summed E-state index contributed by atoms with van der Waals surface area (Å²) in [5.74, 6) is -0.566. The van der Waals surface area contributed by atoms with Gasteiger partial charge in [-0.1, -0.05) is 27.2 Å². The monoisotopic (exact) mass is 581 g/mol. The van der Waals surface area contributed by atoms with Gasteiger partial charge in [0.05, 0.1) is 17.3 Å². The summed E-state index contributed by atoms with van der Waals surface area (Å²) in [4.78, 5) is 24.5. The fourth-order valence-corrected chi connectivity index (χ4v) is 5.04. The lowest BCUT2D eigenvalue weighted by atomic mass is 10.0. The minimum absolute atomic E-state index is 0. The summed E-state index contributed by atoms with van der Waals surface area (Å²) < 4.78 is 17.9. The van der Waals surface area contributed by atoms with Gasteiger partial charge in [-0.3, -0.25) is 9.69 Å². The van der Waals surface area contributed by atoms with Gasteiger partial charge >= 0.3 is 0 Å². The molecule has 0 spiro atoms. The minimum Gasteiger partial charge on any atom is -0.315 e. The van der Waals surface area contributed by atoms with Crippen LogP contribution in [0.5, 0.6) is 0 Å². The number of aromatic nitrogens is 5. The Labute approximate surface area is 226 Å². The average Bonchev–Trinajstić information content (AvgIpc) is 3.34. The first-order chi connectivity index (χ1) is 17.6. The molecule has 8 nitrogen and oxygen atoms in total. The van der Waals surface area contributed by atoms with Crippen LogP contribution in [-0.4, -0.2) is 50.0 Å². The van der Waals surface area contributed by atoms with Crippen LogP contribution in [0.25, 0.3) is 27.6 Å². The quantitative estimate of drug-likeness (QED) is 0.318. The summed E-state index contributed by atoms with van der Waals surface area (Å²) in [6.45, 7) is 1.49. The van der Waals surface area contributed by atoms with E-state index in [2.05, 4.69) is 41.5 Å². The average molecular weight is 583 g/mol. The highest BCUT2D eigenvalue weighted by molar-refractivity contribution is 9.10. The van der Waals surface area contributed by atoms with Gasteiger partial charge in [-0.15, -0.1) is 17.5 Å². The summed E-state index contributed by atoms with van der Waals surface area (Å²) >= 11 is 3.53. The number of benzene rings is 2. The first-order valence-corrected chi connectivity index (χ1v) is 12.4. The smallest absolute Gasteiger partial charge is 0.262 e. The number of hydrogen-bond donors (Lipinski definition) is 1. The zero-order valence-corrected chi connectivity index (χ0v) is 21.9. The van der Waals surface area contributed by atoms with Crippen LogP contribution in [0.15, 0.2) is 71.5 Å². The third-order valence-electron chi connectivity index (χ3n) is 6.43. The Kier molecular flexibility index (Phi) is 7.14. The maximum absolute atomic E-state index is 15.5. The number of piperidine rings is 1. The summed E-state index contributed by atoms with van der Waals surface area (Å²) in [7, 11) is 0. The minimum atomic E-state index is -0.646. The third kappa shape index (κ3) is 4.68.